The summed E-state index contributed by atoms with van der Waals surface area (Å²) in [6.07, 6.45) is 7.16. The minimum atomic E-state index is -0.376. The summed E-state index contributed by atoms with van der Waals surface area (Å²) in [6, 6.07) is 0. The van der Waals surface area contributed by atoms with Gasteiger partial charge >= 0.3 is 5.97 Å². The van der Waals surface area contributed by atoms with E-state index >= 15 is 0 Å². The fourth-order valence-electron chi connectivity index (χ4n) is 5.00. The number of esters is 1. The molecule has 3 nitrogen and oxygen atoms in total. The first-order chi connectivity index (χ1) is 9.63. The van der Waals surface area contributed by atoms with Gasteiger partial charge in [0.1, 0.15) is 5.60 Å². The van der Waals surface area contributed by atoms with Crippen LogP contribution in [0.1, 0.15) is 73.1 Å². The van der Waals surface area contributed by atoms with Crippen LogP contribution in [-0.2, 0) is 14.3 Å². The maximum absolute atomic E-state index is 11.4. The van der Waals surface area contributed by atoms with Crippen molar-refractivity contribution < 1.29 is 14.3 Å². The van der Waals surface area contributed by atoms with E-state index in [1.807, 2.05) is 7.11 Å². The van der Waals surface area contributed by atoms with Crippen molar-refractivity contribution in [1.29, 1.82) is 0 Å². The fourth-order valence-corrected chi connectivity index (χ4v) is 5.00. The average molecular weight is 296 g/mol. The highest BCUT2D eigenvalue weighted by molar-refractivity contribution is 5.66. The van der Waals surface area contributed by atoms with Crippen LogP contribution in [0, 0.1) is 17.3 Å². The molecule has 0 aromatic heterocycles. The zero-order chi connectivity index (χ0) is 15.9. The number of methoxy groups -OCH3 is 1. The number of hydrogen-bond donors (Lipinski definition) is 0. The van der Waals surface area contributed by atoms with E-state index in [0.717, 1.165) is 19.3 Å². The summed E-state index contributed by atoms with van der Waals surface area (Å²) < 4.78 is 11.6. The second-order valence-corrected chi connectivity index (χ2v) is 8.25. The van der Waals surface area contributed by atoms with Crippen molar-refractivity contribution in [3.63, 3.8) is 0 Å². The topological polar surface area (TPSA) is 35.5 Å². The summed E-state index contributed by atoms with van der Waals surface area (Å²) in [5.41, 5.74) is -0.0248. The van der Waals surface area contributed by atoms with E-state index in [1.54, 1.807) is 0 Å². The first-order valence-electron chi connectivity index (χ1n) is 8.38. The van der Waals surface area contributed by atoms with Crippen molar-refractivity contribution in [1.82, 2.24) is 0 Å². The van der Waals surface area contributed by atoms with Crippen molar-refractivity contribution in [3.8, 4) is 0 Å². The summed E-state index contributed by atoms with van der Waals surface area (Å²) >= 11 is 0. The van der Waals surface area contributed by atoms with E-state index in [9.17, 15) is 4.79 Å². The van der Waals surface area contributed by atoms with Crippen molar-refractivity contribution in [2.45, 2.75) is 84.3 Å². The molecule has 3 heteroatoms. The lowest BCUT2D eigenvalue weighted by atomic mass is 9.52. The van der Waals surface area contributed by atoms with Crippen LogP contribution in [0.4, 0.5) is 0 Å². The van der Waals surface area contributed by atoms with E-state index in [2.05, 4.69) is 27.7 Å². The highest BCUT2D eigenvalue weighted by atomic mass is 16.6. The van der Waals surface area contributed by atoms with Gasteiger partial charge in [-0.2, -0.15) is 0 Å². The van der Waals surface area contributed by atoms with E-state index in [-0.39, 0.29) is 17.2 Å². The molecule has 0 aromatic rings. The van der Waals surface area contributed by atoms with Gasteiger partial charge in [0.2, 0.25) is 0 Å². The van der Waals surface area contributed by atoms with Crippen molar-refractivity contribution >= 4 is 5.97 Å². The van der Waals surface area contributed by atoms with Gasteiger partial charge in [-0.3, -0.25) is 4.79 Å². The summed E-state index contributed by atoms with van der Waals surface area (Å²) in [4.78, 5) is 11.4. The van der Waals surface area contributed by atoms with Crippen LogP contribution >= 0.6 is 0 Å². The predicted molar refractivity (Wildman–Crippen MR) is 84.0 cm³/mol. The molecule has 0 aromatic carbocycles. The number of fused-ring (bicyclic) bond motifs is 1. The molecular weight excluding hydrogens is 264 g/mol. The van der Waals surface area contributed by atoms with E-state index in [4.69, 9.17) is 9.47 Å². The number of carbonyl (C=O) groups excluding carboxylic acids is 1. The maximum atomic E-state index is 11.4. The monoisotopic (exact) mass is 296 g/mol. The molecule has 21 heavy (non-hydrogen) atoms. The van der Waals surface area contributed by atoms with Gasteiger partial charge < -0.3 is 9.47 Å². The molecule has 4 atom stereocenters. The zero-order valence-electron chi connectivity index (χ0n) is 14.6. The van der Waals surface area contributed by atoms with E-state index < -0.39 is 0 Å². The summed E-state index contributed by atoms with van der Waals surface area (Å²) in [5.74, 6) is 0.802. The minimum absolute atomic E-state index is 0.0298. The summed E-state index contributed by atoms with van der Waals surface area (Å²) in [6.45, 7) is 10.3. The predicted octanol–water partition coefficient (Wildman–Crippen LogP) is 4.34. The van der Waals surface area contributed by atoms with Gasteiger partial charge in [-0.25, -0.2) is 0 Å². The van der Waals surface area contributed by atoms with Gasteiger partial charge in [-0.05, 0) is 70.1 Å². The average Bonchev–Trinajstić information content (AvgIpc) is 2.36. The Labute approximate surface area is 129 Å². The molecular formula is C18H32O3. The molecule has 0 radical (unpaired) electrons. The molecule has 2 fully saturated rings. The Bertz CT molecular complexity index is 393. The number of hydrogen-bond acceptors (Lipinski definition) is 3. The third-order valence-corrected chi connectivity index (χ3v) is 6.44. The largest absolute Gasteiger partial charge is 0.460 e. The third kappa shape index (κ3) is 3.13. The molecule has 0 N–H and O–H groups in total. The van der Waals surface area contributed by atoms with Crippen molar-refractivity contribution in [3.05, 3.63) is 0 Å². The highest BCUT2D eigenvalue weighted by Crippen LogP contribution is 2.57. The van der Waals surface area contributed by atoms with Crippen molar-refractivity contribution in [2.75, 3.05) is 7.11 Å². The van der Waals surface area contributed by atoms with Crippen LogP contribution < -0.4 is 0 Å². The maximum Gasteiger partial charge on any atom is 0.303 e. The van der Waals surface area contributed by atoms with Crippen LogP contribution in [0.3, 0.4) is 0 Å². The lowest BCUT2D eigenvalue weighted by molar-refractivity contribution is -0.177. The molecule has 122 valence electrons. The van der Waals surface area contributed by atoms with Gasteiger partial charge in [-0.15, -0.1) is 0 Å². The summed E-state index contributed by atoms with van der Waals surface area (Å²) in [7, 11) is 1.85. The van der Waals surface area contributed by atoms with Gasteiger partial charge in [0.05, 0.1) is 5.60 Å². The standard InChI is InChI=1S/C18H32O3/c1-13(19)21-16(2,3)14-8-11-17(4)9-7-10-18(5,20-6)15(17)12-14/h14-15H,7-12H2,1-6H3/t14-,15-,17-,18-/m1/s1. The Morgan fingerprint density at radius 2 is 1.86 bits per heavy atom. The smallest absolute Gasteiger partial charge is 0.303 e. The minimum Gasteiger partial charge on any atom is -0.460 e. The van der Waals surface area contributed by atoms with Gasteiger partial charge in [0, 0.05) is 14.0 Å². The molecule has 0 spiro atoms. The van der Waals surface area contributed by atoms with E-state index in [0.29, 0.717) is 17.3 Å². The molecule has 0 aliphatic heterocycles. The quantitative estimate of drug-likeness (QED) is 0.727. The normalized spacial score (nSPS) is 40.5. The molecule has 0 unspecified atom stereocenters. The Kier molecular flexibility index (Phi) is 4.45. The number of rotatable bonds is 3. The molecule has 0 amide bonds. The zero-order valence-corrected chi connectivity index (χ0v) is 14.6. The number of carbonyl (C=O) groups is 1. The molecule has 0 heterocycles. The van der Waals surface area contributed by atoms with E-state index in [1.165, 1.54) is 26.2 Å². The van der Waals surface area contributed by atoms with Crippen LogP contribution in [0.5, 0.6) is 0 Å². The number of ether oxygens (including phenoxy) is 2. The summed E-state index contributed by atoms with van der Waals surface area (Å²) in [5, 5.41) is 0. The first kappa shape index (κ1) is 16.8. The molecule has 2 rings (SSSR count). The Balaban J connectivity index is 2.20. The third-order valence-electron chi connectivity index (χ3n) is 6.44. The molecule has 2 aliphatic carbocycles. The molecule has 2 saturated carbocycles. The fraction of sp³-hybridized carbons (Fsp3) is 0.944. The first-order valence-corrected chi connectivity index (χ1v) is 8.38. The Morgan fingerprint density at radius 1 is 1.19 bits per heavy atom. The lowest BCUT2D eigenvalue weighted by Gasteiger charge is -2.57. The molecule has 0 saturated heterocycles. The molecule has 2 aliphatic rings. The molecule has 0 bridgehead atoms. The highest BCUT2D eigenvalue weighted by Gasteiger charge is 2.54. The SMILES string of the molecule is CO[C@]1(C)CCC[C@]2(C)CC[C@@H](C(C)(C)OC(C)=O)C[C@H]21. The van der Waals surface area contributed by atoms with Crippen LogP contribution in [0.25, 0.3) is 0 Å². The second kappa shape index (κ2) is 5.57. The Morgan fingerprint density at radius 3 is 2.43 bits per heavy atom. The Hall–Kier alpha value is -0.570. The van der Waals surface area contributed by atoms with Gasteiger partial charge in [0.25, 0.3) is 0 Å². The lowest BCUT2D eigenvalue weighted by Crippen LogP contribution is -2.54. The van der Waals surface area contributed by atoms with Crippen LogP contribution in [0.15, 0.2) is 0 Å². The second-order valence-electron chi connectivity index (χ2n) is 8.25. The van der Waals surface area contributed by atoms with Crippen LogP contribution in [0.2, 0.25) is 0 Å². The van der Waals surface area contributed by atoms with Crippen molar-refractivity contribution in [2.24, 2.45) is 17.3 Å². The van der Waals surface area contributed by atoms with Gasteiger partial charge in [0.15, 0.2) is 0 Å². The van der Waals surface area contributed by atoms with Crippen LogP contribution in [-0.4, -0.2) is 24.3 Å². The van der Waals surface area contributed by atoms with Gasteiger partial charge in [-0.1, -0.05) is 13.3 Å².